The molecule has 2 N–H and O–H groups in total. The summed E-state index contributed by atoms with van der Waals surface area (Å²) in [5, 5.41) is 11.4. The molecule has 0 radical (unpaired) electrons. The van der Waals surface area contributed by atoms with Crippen molar-refractivity contribution in [1.82, 2.24) is 5.32 Å². The van der Waals surface area contributed by atoms with Crippen molar-refractivity contribution < 1.29 is 27.9 Å². The molecule has 1 aliphatic rings. The normalized spacial score (nSPS) is 17.4. The van der Waals surface area contributed by atoms with Crippen LogP contribution in [0.25, 0.3) is 0 Å². The molecule has 23 heavy (non-hydrogen) atoms. The topological polar surface area (TPSA) is 66.4 Å². The highest BCUT2D eigenvalue weighted by Crippen LogP contribution is 2.49. The molecule has 4 nitrogen and oxygen atoms in total. The van der Waals surface area contributed by atoms with E-state index in [1.54, 1.807) is 24.3 Å². The van der Waals surface area contributed by atoms with Crippen LogP contribution >= 0.6 is 11.6 Å². The van der Waals surface area contributed by atoms with Gasteiger partial charge < -0.3 is 10.4 Å². The highest BCUT2D eigenvalue weighted by atomic mass is 35.5. The van der Waals surface area contributed by atoms with Crippen LogP contribution in [0.4, 0.5) is 13.2 Å². The molecule has 1 fully saturated rings. The third-order valence-corrected chi connectivity index (χ3v) is 4.23. The molecule has 1 unspecified atom stereocenters. The van der Waals surface area contributed by atoms with Crippen LogP contribution in [-0.2, 0) is 16.0 Å². The van der Waals surface area contributed by atoms with E-state index in [0.717, 1.165) is 0 Å². The number of aliphatic carboxylic acids is 1. The van der Waals surface area contributed by atoms with Crippen molar-refractivity contribution in [2.24, 2.45) is 5.41 Å². The first-order valence-corrected chi connectivity index (χ1v) is 7.35. The average Bonchev–Trinajstić information content (AvgIpc) is 3.20. The smallest absolute Gasteiger partial charge is 0.391 e. The maximum Gasteiger partial charge on any atom is 0.391 e. The Labute approximate surface area is 135 Å². The number of nitrogens with one attached hydrogen (secondary N) is 1. The molecule has 1 aromatic carbocycles. The molecule has 0 bridgehead atoms. The van der Waals surface area contributed by atoms with E-state index in [1.807, 2.05) is 5.32 Å². The molecule has 0 aromatic heterocycles. The number of carboxylic acids is 1. The van der Waals surface area contributed by atoms with Gasteiger partial charge in [0.25, 0.3) is 0 Å². The number of amides is 1. The van der Waals surface area contributed by atoms with Gasteiger partial charge in [0.05, 0.1) is 11.8 Å². The Balaban J connectivity index is 2.07. The fraction of sp³-hybridized carbons (Fsp3) is 0.467. The number of benzene rings is 1. The lowest BCUT2D eigenvalue weighted by molar-refractivity contribution is -0.160. The van der Waals surface area contributed by atoms with Crippen molar-refractivity contribution in [2.75, 3.05) is 0 Å². The van der Waals surface area contributed by atoms with Crippen LogP contribution in [0.3, 0.4) is 0 Å². The average molecular weight is 350 g/mol. The van der Waals surface area contributed by atoms with Gasteiger partial charge in [-0.15, -0.1) is 0 Å². The zero-order chi connectivity index (χ0) is 17.3. The van der Waals surface area contributed by atoms with Gasteiger partial charge in [-0.05, 0) is 30.9 Å². The summed E-state index contributed by atoms with van der Waals surface area (Å²) in [4.78, 5) is 23.2. The molecule has 1 aliphatic carbocycles. The third kappa shape index (κ3) is 4.60. The number of hydrogen-bond acceptors (Lipinski definition) is 2. The lowest BCUT2D eigenvalue weighted by Gasteiger charge is -2.21. The van der Waals surface area contributed by atoms with E-state index in [2.05, 4.69) is 0 Å². The Morgan fingerprint density at radius 3 is 2.39 bits per heavy atom. The van der Waals surface area contributed by atoms with Crippen molar-refractivity contribution in [3.8, 4) is 0 Å². The number of hydrogen-bond donors (Lipinski definition) is 2. The van der Waals surface area contributed by atoms with Crippen LogP contribution in [0.5, 0.6) is 0 Å². The molecule has 1 amide bonds. The van der Waals surface area contributed by atoms with Gasteiger partial charge in [0.2, 0.25) is 5.91 Å². The summed E-state index contributed by atoms with van der Waals surface area (Å²) in [5.41, 5.74) is -0.158. The number of alkyl halides is 3. The Morgan fingerprint density at radius 1 is 1.30 bits per heavy atom. The summed E-state index contributed by atoms with van der Waals surface area (Å²) in [7, 11) is 0. The van der Waals surface area contributed by atoms with Gasteiger partial charge in [-0.1, -0.05) is 29.8 Å². The van der Waals surface area contributed by atoms with E-state index in [4.69, 9.17) is 16.7 Å². The fourth-order valence-corrected chi connectivity index (χ4v) is 2.59. The molecule has 0 heterocycles. The Kier molecular flexibility index (Phi) is 4.89. The molecular weight excluding hydrogens is 335 g/mol. The number of carbonyl (C=O) groups is 2. The van der Waals surface area contributed by atoms with Crippen molar-refractivity contribution in [3.05, 3.63) is 34.9 Å². The first-order chi connectivity index (χ1) is 10.6. The quantitative estimate of drug-likeness (QED) is 0.829. The summed E-state index contributed by atoms with van der Waals surface area (Å²) < 4.78 is 37.2. The zero-order valence-electron chi connectivity index (χ0n) is 12.0. The van der Waals surface area contributed by atoms with Crippen LogP contribution in [0, 0.1) is 5.41 Å². The summed E-state index contributed by atoms with van der Waals surface area (Å²) >= 11 is 6.03. The molecule has 1 aromatic rings. The van der Waals surface area contributed by atoms with Crippen LogP contribution in [0.1, 0.15) is 24.8 Å². The van der Waals surface area contributed by atoms with Crippen LogP contribution < -0.4 is 5.32 Å². The minimum absolute atomic E-state index is 0.275. The van der Waals surface area contributed by atoms with Gasteiger partial charge in [-0.2, -0.15) is 13.2 Å². The van der Waals surface area contributed by atoms with Gasteiger partial charge >= 0.3 is 12.1 Å². The van der Waals surface area contributed by atoms with Gasteiger partial charge in [-0.3, -0.25) is 4.79 Å². The summed E-state index contributed by atoms with van der Waals surface area (Å²) in [5.74, 6) is -2.38. The third-order valence-electron chi connectivity index (χ3n) is 3.86. The van der Waals surface area contributed by atoms with Crippen molar-refractivity contribution in [3.63, 3.8) is 0 Å². The van der Waals surface area contributed by atoms with Crippen LogP contribution in [0.2, 0.25) is 5.02 Å². The van der Waals surface area contributed by atoms with Crippen molar-refractivity contribution >= 4 is 23.5 Å². The second-order valence-corrected chi connectivity index (χ2v) is 6.14. The molecule has 0 spiro atoms. The first kappa shape index (κ1) is 17.6. The molecule has 126 valence electrons. The zero-order valence-corrected chi connectivity index (χ0v) is 12.7. The predicted molar refractivity (Wildman–Crippen MR) is 77.1 cm³/mol. The minimum atomic E-state index is -4.67. The summed E-state index contributed by atoms with van der Waals surface area (Å²) in [6.45, 7) is 0. The van der Waals surface area contributed by atoms with E-state index in [-0.39, 0.29) is 6.42 Å². The van der Waals surface area contributed by atoms with Crippen molar-refractivity contribution in [2.45, 2.75) is 37.9 Å². The minimum Gasteiger partial charge on any atom is -0.480 e. The van der Waals surface area contributed by atoms with E-state index in [9.17, 15) is 22.8 Å². The Bertz CT molecular complexity index is 614. The maximum atomic E-state index is 12.4. The number of rotatable bonds is 6. The van der Waals surface area contributed by atoms with E-state index in [0.29, 0.717) is 23.4 Å². The largest absolute Gasteiger partial charge is 0.480 e. The molecule has 2 rings (SSSR count). The highest BCUT2D eigenvalue weighted by Gasteiger charge is 2.51. The molecule has 8 heteroatoms. The van der Waals surface area contributed by atoms with E-state index < -0.39 is 35.9 Å². The highest BCUT2D eigenvalue weighted by molar-refractivity contribution is 6.31. The lowest BCUT2D eigenvalue weighted by atomic mass is 9.95. The van der Waals surface area contributed by atoms with Crippen molar-refractivity contribution in [1.29, 1.82) is 0 Å². The number of halogens is 4. The van der Waals surface area contributed by atoms with Crippen LogP contribution in [0.15, 0.2) is 24.3 Å². The van der Waals surface area contributed by atoms with Crippen LogP contribution in [-0.4, -0.2) is 29.2 Å². The molecule has 1 atom stereocenters. The van der Waals surface area contributed by atoms with Gasteiger partial charge in [0, 0.05) is 5.02 Å². The van der Waals surface area contributed by atoms with E-state index >= 15 is 0 Å². The molecule has 1 saturated carbocycles. The summed E-state index contributed by atoms with van der Waals surface area (Å²) in [6, 6.07) is 4.90. The fourth-order valence-electron chi connectivity index (χ4n) is 2.38. The first-order valence-electron chi connectivity index (χ1n) is 6.97. The second kappa shape index (κ2) is 6.39. The lowest BCUT2D eigenvalue weighted by Crippen LogP contribution is -2.47. The van der Waals surface area contributed by atoms with Gasteiger partial charge in [-0.25, -0.2) is 4.79 Å². The number of carboxylic acid groups (broad SMARTS) is 1. The Hall–Kier alpha value is -1.76. The SMILES string of the molecule is O=C(O)C(CC(F)(F)F)NC(=O)C1(Cc2ccccc2Cl)CC1. The molecule has 0 aliphatic heterocycles. The van der Waals surface area contributed by atoms with Gasteiger partial charge in [0.1, 0.15) is 6.04 Å². The van der Waals surface area contributed by atoms with E-state index in [1.165, 1.54) is 0 Å². The molecule has 0 saturated heterocycles. The number of carbonyl (C=O) groups excluding carboxylic acids is 1. The molecular formula is C15H15ClF3NO3. The van der Waals surface area contributed by atoms with Gasteiger partial charge in [0.15, 0.2) is 0 Å². The predicted octanol–water partition coefficient (Wildman–Crippen LogP) is 3.18. The maximum absolute atomic E-state index is 12.4. The summed E-state index contributed by atoms with van der Waals surface area (Å²) in [6.07, 6.45) is -5.02. The Morgan fingerprint density at radius 2 is 1.91 bits per heavy atom. The monoisotopic (exact) mass is 349 g/mol. The second-order valence-electron chi connectivity index (χ2n) is 5.73. The standard InChI is InChI=1S/C15H15ClF3NO3/c16-10-4-2-1-3-9(10)7-14(5-6-14)13(23)20-11(12(21)22)8-15(17,18)19/h1-4,11H,5-8H2,(H,20,23)(H,21,22).